The third kappa shape index (κ3) is 4.58. The van der Waals surface area contributed by atoms with Crippen molar-refractivity contribution in [3.05, 3.63) is 53.6 Å². The highest BCUT2D eigenvalue weighted by Gasteiger charge is 2.53. The number of hydrogen-bond acceptors (Lipinski definition) is 6. The SMILES string of the molecule is CSNc1ccc2c(c1)C1(CCC3(CC3)CC1)CN2C(=O)c1cccc(S(=O)(=O)NC2(C)CCOC2)c1. The Morgan fingerprint density at radius 1 is 1.03 bits per heavy atom. The number of hydrogen-bond donors (Lipinski definition) is 2. The van der Waals surface area contributed by atoms with Gasteiger partial charge in [-0.05, 0) is 99.2 Å². The Morgan fingerprint density at radius 3 is 2.46 bits per heavy atom. The average molecular weight is 542 g/mol. The smallest absolute Gasteiger partial charge is 0.258 e. The number of nitrogens with one attached hydrogen (secondary N) is 2. The van der Waals surface area contributed by atoms with E-state index in [4.69, 9.17) is 4.74 Å². The van der Waals surface area contributed by atoms with E-state index in [-0.39, 0.29) is 16.2 Å². The van der Waals surface area contributed by atoms with Gasteiger partial charge < -0.3 is 14.4 Å². The van der Waals surface area contributed by atoms with Crippen LogP contribution in [0.4, 0.5) is 11.4 Å². The van der Waals surface area contributed by atoms with Crippen molar-refractivity contribution in [2.24, 2.45) is 5.41 Å². The van der Waals surface area contributed by atoms with Gasteiger partial charge in [0.05, 0.1) is 17.0 Å². The molecule has 9 heteroatoms. The summed E-state index contributed by atoms with van der Waals surface area (Å²) in [5.74, 6) is -0.150. The summed E-state index contributed by atoms with van der Waals surface area (Å²) in [6.07, 6.45) is 9.92. The van der Waals surface area contributed by atoms with Crippen molar-refractivity contribution in [3.8, 4) is 0 Å². The first-order valence-corrected chi connectivity index (χ1v) is 15.8. The van der Waals surface area contributed by atoms with Gasteiger partial charge in [0.25, 0.3) is 5.91 Å². The summed E-state index contributed by atoms with van der Waals surface area (Å²) in [6.45, 7) is 3.36. The van der Waals surface area contributed by atoms with Crippen molar-refractivity contribution >= 4 is 39.3 Å². The van der Waals surface area contributed by atoms with Gasteiger partial charge in [-0.25, -0.2) is 13.1 Å². The lowest BCUT2D eigenvalue weighted by atomic mass is 9.66. The lowest BCUT2D eigenvalue weighted by Gasteiger charge is -2.38. The topological polar surface area (TPSA) is 87.7 Å². The number of fused-ring (bicyclic) bond motifs is 2. The Labute approximate surface area is 223 Å². The second-order valence-electron chi connectivity index (χ2n) is 11.7. The molecule has 1 atom stereocenters. The number of benzene rings is 2. The molecule has 198 valence electrons. The van der Waals surface area contributed by atoms with Crippen molar-refractivity contribution in [3.63, 3.8) is 0 Å². The molecule has 2 aliphatic heterocycles. The van der Waals surface area contributed by atoms with Crippen LogP contribution < -0.4 is 14.3 Å². The van der Waals surface area contributed by atoms with Gasteiger partial charge in [0.2, 0.25) is 10.0 Å². The zero-order valence-electron chi connectivity index (χ0n) is 21.5. The van der Waals surface area contributed by atoms with E-state index in [1.54, 1.807) is 30.1 Å². The fraction of sp³-hybridized carbons (Fsp3) is 0.536. The molecule has 3 fully saturated rings. The van der Waals surface area contributed by atoms with Gasteiger partial charge in [0, 0.05) is 41.8 Å². The molecule has 2 spiro atoms. The van der Waals surface area contributed by atoms with Crippen molar-refractivity contribution in [2.45, 2.75) is 67.7 Å². The van der Waals surface area contributed by atoms with Gasteiger partial charge >= 0.3 is 0 Å². The molecule has 2 N–H and O–H groups in total. The largest absolute Gasteiger partial charge is 0.379 e. The zero-order valence-corrected chi connectivity index (χ0v) is 23.1. The summed E-state index contributed by atoms with van der Waals surface area (Å²) < 4.78 is 37.9. The fourth-order valence-electron chi connectivity index (χ4n) is 6.48. The van der Waals surface area contributed by atoms with Gasteiger partial charge in [-0.2, -0.15) is 0 Å². The summed E-state index contributed by atoms with van der Waals surface area (Å²) in [7, 11) is -3.80. The summed E-state index contributed by atoms with van der Waals surface area (Å²) in [5.41, 5.74) is 3.50. The standard InChI is InChI=1S/C28H35N3O4S2/c1-26(14-15-35-19-26)30-37(33,34)22-5-3-4-20(16-22)25(32)31-18-28(12-10-27(8-9-27)11-13-28)23-17-21(29-36-2)6-7-24(23)31/h3-7,16-17,29-30H,8-15,18-19H2,1-2H3. The van der Waals surface area contributed by atoms with E-state index in [0.29, 0.717) is 37.2 Å². The summed E-state index contributed by atoms with van der Waals surface area (Å²) in [4.78, 5) is 15.9. The molecule has 2 heterocycles. The molecule has 7 nitrogen and oxygen atoms in total. The summed E-state index contributed by atoms with van der Waals surface area (Å²) >= 11 is 1.56. The van der Waals surface area contributed by atoms with E-state index >= 15 is 0 Å². The first kappa shape index (κ1) is 25.2. The number of amides is 1. The average Bonchev–Trinajstić information content (AvgIpc) is 3.40. The number of carbonyl (C=O) groups is 1. The van der Waals surface area contributed by atoms with Crippen LogP contribution in [-0.2, 0) is 20.2 Å². The van der Waals surface area contributed by atoms with E-state index in [1.165, 1.54) is 37.3 Å². The molecule has 4 aliphatic rings. The van der Waals surface area contributed by atoms with E-state index in [1.807, 2.05) is 30.2 Å². The van der Waals surface area contributed by atoms with Crippen LogP contribution in [0.15, 0.2) is 47.4 Å². The molecule has 6 rings (SSSR count). The number of ether oxygens (including phenoxy) is 1. The molecular weight excluding hydrogens is 506 g/mol. The van der Waals surface area contributed by atoms with Crippen LogP contribution in [0.3, 0.4) is 0 Å². The van der Waals surface area contributed by atoms with E-state index in [0.717, 1.165) is 24.2 Å². The summed E-state index contributed by atoms with van der Waals surface area (Å²) in [5, 5.41) is 0. The number of nitrogens with zero attached hydrogens (tertiary/aromatic N) is 1. The number of rotatable bonds is 6. The monoisotopic (exact) mass is 541 g/mol. The normalized spacial score (nSPS) is 25.4. The number of sulfonamides is 1. The lowest BCUT2D eigenvalue weighted by Crippen LogP contribution is -2.46. The second-order valence-corrected chi connectivity index (χ2v) is 14.0. The quantitative estimate of drug-likeness (QED) is 0.496. The van der Waals surface area contributed by atoms with Gasteiger partial charge in [-0.3, -0.25) is 4.79 Å². The van der Waals surface area contributed by atoms with Crippen molar-refractivity contribution in [1.29, 1.82) is 0 Å². The minimum atomic E-state index is -3.80. The minimum absolute atomic E-state index is 0.0444. The molecule has 0 radical (unpaired) electrons. The lowest BCUT2D eigenvalue weighted by molar-refractivity contribution is 0.0980. The van der Waals surface area contributed by atoms with E-state index in [2.05, 4.69) is 15.5 Å². The summed E-state index contributed by atoms with van der Waals surface area (Å²) in [6, 6.07) is 12.7. The molecule has 37 heavy (non-hydrogen) atoms. The van der Waals surface area contributed by atoms with Crippen LogP contribution in [0.2, 0.25) is 0 Å². The molecule has 1 unspecified atom stereocenters. The Bertz CT molecular complexity index is 1320. The van der Waals surface area contributed by atoms with Crippen LogP contribution in [0, 0.1) is 5.41 Å². The predicted octanol–water partition coefficient (Wildman–Crippen LogP) is 5.09. The van der Waals surface area contributed by atoms with Gasteiger partial charge in [-0.1, -0.05) is 18.0 Å². The van der Waals surface area contributed by atoms with E-state index < -0.39 is 15.6 Å². The van der Waals surface area contributed by atoms with Crippen molar-refractivity contribution in [1.82, 2.24) is 4.72 Å². The Hall–Kier alpha value is -2.07. The second kappa shape index (κ2) is 9.00. The zero-order chi connectivity index (χ0) is 25.9. The van der Waals surface area contributed by atoms with E-state index in [9.17, 15) is 13.2 Å². The van der Waals surface area contributed by atoms with Crippen molar-refractivity contribution in [2.75, 3.05) is 35.6 Å². The molecule has 2 aromatic rings. The minimum Gasteiger partial charge on any atom is -0.379 e. The molecule has 0 bridgehead atoms. The van der Waals surface area contributed by atoms with Crippen LogP contribution in [-0.4, -0.2) is 45.9 Å². The highest BCUT2D eigenvalue weighted by molar-refractivity contribution is 7.99. The van der Waals surface area contributed by atoms with Crippen LogP contribution in [0.5, 0.6) is 0 Å². The maximum Gasteiger partial charge on any atom is 0.258 e. The molecule has 2 aromatic carbocycles. The fourth-order valence-corrected chi connectivity index (χ4v) is 8.31. The Kier molecular flexibility index (Phi) is 6.14. The molecule has 1 saturated heterocycles. The van der Waals surface area contributed by atoms with Crippen LogP contribution >= 0.6 is 11.9 Å². The van der Waals surface area contributed by atoms with Crippen LogP contribution in [0.25, 0.3) is 0 Å². The third-order valence-corrected chi connectivity index (χ3v) is 11.1. The van der Waals surface area contributed by atoms with Gasteiger partial charge in [0.1, 0.15) is 0 Å². The molecule has 0 aromatic heterocycles. The molecular formula is C28H35N3O4S2. The van der Waals surface area contributed by atoms with Gasteiger partial charge in [-0.15, -0.1) is 0 Å². The molecule has 1 amide bonds. The number of carbonyl (C=O) groups excluding carboxylic acids is 1. The highest BCUT2D eigenvalue weighted by Crippen LogP contribution is 2.62. The molecule has 2 saturated carbocycles. The van der Waals surface area contributed by atoms with Crippen molar-refractivity contribution < 1.29 is 17.9 Å². The Morgan fingerprint density at radius 2 is 1.78 bits per heavy atom. The Balaban J connectivity index is 1.31. The van der Waals surface area contributed by atoms with Crippen LogP contribution in [0.1, 0.15) is 67.8 Å². The maximum atomic E-state index is 13.9. The van der Waals surface area contributed by atoms with Gasteiger partial charge in [0.15, 0.2) is 0 Å². The molecule has 2 aliphatic carbocycles. The number of anilines is 2. The first-order chi connectivity index (χ1) is 17.7. The maximum absolute atomic E-state index is 13.9. The highest BCUT2D eigenvalue weighted by atomic mass is 32.2. The third-order valence-electron chi connectivity index (χ3n) is 9.00. The first-order valence-electron chi connectivity index (χ1n) is 13.1. The predicted molar refractivity (Wildman–Crippen MR) is 148 cm³/mol.